The first kappa shape index (κ1) is 88.1. The topological polar surface area (TPSA) is 233 Å². The number of halogens is 5. The van der Waals surface area contributed by atoms with Crippen LogP contribution in [0.2, 0.25) is 0 Å². The fourth-order valence-electron chi connectivity index (χ4n) is 19.2. The first-order chi connectivity index (χ1) is 51.9. The van der Waals surface area contributed by atoms with Gasteiger partial charge in [-0.15, -0.1) is 43.0 Å². The zero-order valence-electron chi connectivity index (χ0n) is 67.3. The van der Waals surface area contributed by atoms with Gasteiger partial charge in [-0.05, 0) is 180 Å². The number of hydrogen-bond donors (Lipinski definition) is 4. The van der Waals surface area contributed by atoms with Crippen molar-refractivity contribution >= 4 is 30.4 Å². The van der Waals surface area contributed by atoms with E-state index >= 15 is 0 Å². The molecule has 25 heteroatoms. The van der Waals surface area contributed by atoms with E-state index in [-0.39, 0.29) is 107 Å². The number of aryl methyl sites for hydroxylation is 3. The number of piperidine rings is 3. The number of aliphatic carboxylic acids is 1. The van der Waals surface area contributed by atoms with Gasteiger partial charge in [0.15, 0.2) is 0 Å². The van der Waals surface area contributed by atoms with Crippen molar-refractivity contribution in [3.63, 3.8) is 0 Å². The van der Waals surface area contributed by atoms with E-state index in [1.54, 1.807) is 0 Å². The van der Waals surface area contributed by atoms with E-state index in [9.17, 15) is 31.9 Å². The Morgan fingerprint density at radius 2 is 0.766 bits per heavy atom. The first-order valence-corrected chi connectivity index (χ1v) is 41.1. The van der Waals surface area contributed by atoms with Gasteiger partial charge in [-0.1, -0.05) is 140 Å². The van der Waals surface area contributed by atoms with E-state index in [1.807, 2.05) is 57.2 Å². The Morgan fingerprint density at radius 1 is 0.468 bits per heavy atom. The molecule has 2 saturated carbocycles. The molecule has 20 nitrogen and oxygen atoms in total. The van der Waals surface area contributed by atoms with Crippen LogP contribution in [-0.2, 0) is 14.3 Å². The molecule has 12 atom stereocenters. The zero-order valence-corrected chi connectivity index (χ0v) is 68.1. The average molecular weight is 1570 g/mol. The monoisotopic (exact) mass is 1560 g/mol. The largest absolute Gasteiger partial charge is 0.481 e. The van der Waals surface area contributed by atoms with Gasteiger partial charge in [-0.2, -0.15) is 0 Å². The van der Waals surface area contributed by atoms with Gasteiger partial charge in [0.2, 0.25) is 17.8 Å². The zero-order chi connectivity index (χ0) is 78.1. The number of nitrogens with zero attached hydrogens (tertiary/aromatic N) is 12. The predicted octanol–water partition coefficient (Wildman–Crippen LogP) is 18.4. The molecule has 6 bridgehead atoms. The standard InChI is InChI=1S/C29H41F2N5O.C27H41N5O2.C22H33N5.C7H10F2O2.CH4.ClH/c1-19(2)27-34-33-20(3)36(27)25-17-23-9-10-24(18-25)35(23)16-13-26(21-7-5-4-6-8-21)32-28(37)22-11-14-29(30,31)15-12-22;1-18(2)25-30-29-19(3)32(25)23-16-21-12-13-22(17-23)31(21)15-14-24(20-10-8-7-9-11-20)28-26(33)34-27(4,5)6;1-15(2)22-25-24-16(3)27(22)20-13-18-9-10-19(14-20)26(18)12-11-21(23)17-7-5-4-6-8-17;8-7(9)3-1-5(2-4-7)6(10)11;;/h4-8,19,22-26H,9-18H2,1-3H3,(H,32,37);7-11,18,21-24H,12-17H2,1-6H3,(H,28,33);4-8,15,18-21H,9-14,23H2,1-3H3;5H,1-4H2,(H,10,11);1H4;1H/t23-,24+,25?,26-;21-,22+,23?,24-;18-,19+,20?,21-;;;/m000.../s1. The molecule has 614 valence electrons. The number of carbonyl (C=O) groups is 3. The number of nitrogens with two attached hydrogens (primary N) is 1. The number of hydrogen-bond acceptors (Lipinski definition) is 14. The minimum absolute atomic E-state index is 0. The number of alkyl carbamates (subject to hydrolysis) is 1. The molecule has 6 aromatic rings. The quantitative estimate of drug-likeness (QED) is 0.0463. The summed E-state index contributed by atoms with van der Waals surface area (Å²) in [6, 6.07) is 35.8. The summed E-state index contributed by atoms with van der Waals surface area (Å²) in [5.41, 5.74) is 9.40. The third kappa shape index (κ3) is 22.8. The molecule has 2 aliphatic carbocycles. The summed E-state index contributed by atoms with van der Waals surface area (Å²) in [4.78, 5) is 44.1. The molecule has 2 amide bonds. The highest BCUT2D eigenvalue weighted by atomic mass is 35.5. The molecule has 6 saturated heterocycles. The van der Waals surface area contributed by atoms with Crippen molar-refractivity contribution in [1.82, 2.24) is 69.6 Å². The smallest absolute Gasteiger partial charge is 0.408 e. The van der Waals surface area contributed by atoms with E-state index in [0.29, 0.717) is 72.1 Å². The summed E-state index contributed by atoms with van der Waals surface area (Å²) in [6.07, 6.45) is 16.7. The summed E-state index contributed by atoms with van der Waals surface area (Å²) in [7, 11) is 0. The molecule has 3 aromatic carbocycles. The number of carboxylic acid groups (broad SMARTS) is 1. The van der Waals surface area contributed by atoms with Gasteiger partial charge in [0.25, 0.3) is 0 Å². The van der Waals surface area contributed by atoms with Gasteiger partial charge in [0, 0.05) is 129 Å². The van der Waals surface area contributed by atoms with Crippen LogP contribution in [0.25, 0.3) is 0 Å². The van der Waals surface area contributed by atoms with Gasteiger partial charge >= 0.3 is 12.1 Å². The molecular formula is C86H130ClF4N15O5. The van der Waals surface area contributed by atoms with E-state index in [4.69, 9.17) is 15.6 Å². The fraction of sp³-hybridized carbons (Fsp3) is 0.686. The Hall–Kier alpha value is -6.86. The van der Waals surface area contributed by atoms with E-state index < -0.39 is 29.3 Å². The molecule has 5 N–H and O–H groups in total. The molecule has 3 unspecified atom stereocenters. The van der Waals surface area contributed by atoms with Crippen LogP contribution in [0.5, 0.6) is 0 Å². The van der Waals surface area contributed by atoms with Crippen molar-refractivity contribution in [2.24, 2.45) is 17.6 Å². The third-order valence-electron chi connectivity index (χ3n) is 24.7. The van der Waals surface area contributed by atoms with Crippen LogP contribution >= 0.6 is 12.4 Å². The number of aromatic nitrogens is 9. The van der Waals surface area contributed by atoms with Crippen LogP contribution in [0, 0.1) is 32.6 Å². The molecule has 0 spiro atoms. The van der Waals surface area contributed by atoms with E-state index in [0.717, 1.165) is 111 Å². The summed E-state index contributed by atoms with van der Waals surface area (Å²) in [5, 5.41) is 41.4. The van der Waals surface area contributed by atoms with Crippen LogP contribution in [0.4, 0.5) is 22.4 Å². The van der Waals surface area contributed by atoms with Gasteiger partial charge in [0.1, 0.15) is 40.5 Å². The molecule has 0 radical (unpaired) electrons. The molecule has 111 heavy (non-hydrogen) atoms. The Balaban J connectivity index is 0.000000179. The van der Waals surface area contributed by atoms with E-state index in [1.165, 1.54) is 56.9 Å². The van der Waals surface area contributed by atoms with Gasteiger partial charge in [0.05, 0.1) is 18.0 Å². The second-order valence-electron chi connectivity index (χ2n) is 34.7. The summed E-state index contributed by atoms with van der Waals surface area (Å²) in [6.45, 7) is 28.1. The van der Waals surface area contributed by atoms with Crippen molar-refractivity contribution in [1.29, 1.82) is 0 Å². The number of alkyl halides is 4. The second kappa shape index (κ2) is 39.0. The summed E-state index contributed by atoms with van der Waals surface area (Å²) in [5.74, 6) is 0.485. The summed E-state index contributed by atoms with van der Waals surface area (Å²) < 4.78 is 64.9. The maximum absolute atomic E-state index is 13.6. The number of rotatable bonds is 22. The molecular weight excluding hydrogens is 1430 g/mol. The number of amides is 2. The van der Waals surface area contributed by atoms with Gasteiger partial charge < -0.3 is 39.9 Å². The Kier molecular flexibility index (Phi) is 30.9. The second-order valence-corrected chi connectivity index (χ2v) is 34.7. The van der Waals surface area contributed by atoms with Gasteiger partial charge in [-0.3, -0.25) is 24.3 Å². The van der Waals surface area contributed by atoms with Crippen LogP contribution in [0.3, 0.4) is 0 Å². The third-order valence-corrected chi connectivity index (χ3v) is 24.7. The Bertz CT molecular complexity index is 3830. The number of nitrogens with one attached hydrogen (secondary N) is 2. The number of carboxylic acids is 1. The Labute approximate surface area is 664 Å². The van der Waals surface area contributed by atoms with Gasteiger partial charge in [-0.25, -0.2) is 22.4 Å². The molecule has 8 aliphatic rings. The van der Waals surface area contributed by atoms with Crippen LogP contribution in [-0.4, -0.2) is 155 Å². The minimum atomic E-state index is -2.62. The lowest BCUT2D eigenvalue weighted by atomic mass is 9.86. The van der Waals surface area contributed by atoms with Crippen molar-refractivity contribution in [2.75, 3.05) is 19.6 Å². The molecule has 3 aromatic heterocycles. The van der Waals surface area contributed by atoms with Crippen molar-refractivity contribution < 1.29 is 41.8 Å². The number of ether oxygens (including phenoxy) is 1. The maximum Gasteiger partial charge on any atom is 0.408 e. The molecule has 8 fully saturated rings. The lowest BCUT2D eigenvalue weighted by molar-refractivity contribution is -0.145. The average Bonchev–Trinajstić information content (AvgIpc) is 1.64. The fourth-order valence-corrected chi connectivity index (χ4v) is 19.2. The normalized spacial score (nSPS) is 25.2. The maximum atomic E-state index is 13.6. The van der Waals surface area contributed by atoms with Crippen LogP contribution in [0.15, 0.2) is 91.0 Å². The highest BCUT2D eigenvalue weighted by Gasteiger charge is 2.47. The number of fused-ring (bicyclic) bond motifs is 6. The number of carbonyl (C=O) groups excluding carboxylic acids is 2. The highest BCUT2D eigenvalue weighted by Crippen LogP contribution is 2.47. The minimum Gasteiger partial charge on any atom is -0.481 e. The summed E-state index contributed by atoms with van der Waals surface area (Å²) >= 11 is 0. The van der Waals surface area contributed by atoms with Crippen molar-refractivity contribution in [3.05, 3.63) is 143 Å². The highest BCUT2D eigenvalue weighted by molar-refractivity contribution is 5.85. The van der Waals surface area contributed by atoms with Crippen molar-refractivity contribution in [2.45, 2.75) is 346 Å². The van der Waals surface area contributed by atoms with Crippen LogP contribution in [0.1, 0.15) is 323 Å². The lowest BCUT2D eigenvalue weighted by Crippen LogP contribution is -2.45. The molecule has 6 aliphatic heterocycles. The SMILES string of the molecule is C.Cc1nnc(C(C)C)n1C1C[C@H]2CC[C@@H](C1)N2CC[C@H](N)c1ccccc1.Cc1nnc(C(C)C)n1C1C[C@H]2CC[C@@H](C1)N2CC[C@H](NC(=O)C1CCC(F)(F)CC1)c1ccccc1.Cc1nnc(C(C)C)n1C1C[C@H]2CC[C@@H](C1)N2CC[C@H](NC(=O)OC(C)(C)C)c1ccccc1.Cl.O=C(O)C1CCC(F)(F)CC1. The number of benzene rings is 3. The van der Waals surface area contributed by atoms with Crippen LogP contribution < -0.4 is 16.4 Å². The molecule has 14 rings (SSSR count). The lowest BCUT2D eigenvalue weighted by Gasteiger charge is -2.40. The Morgan fingerprint density at radius 3 is 1.07 bits per heavy atom. The predicted molar refractivity (Wildman–Crippen MR) is 430 cm³/mol. The van der Waals surface area contributed by atoms with E-state index in [2.05, 4.69) is 187 Å². The molecule has 9 heterocycles. The van der Waals surface area contributed by atoms with Crippen molar-refractivity contribution in [3.8, 4) is 0 Å². The first-order valence-electron chi connectivity index (χ1n) is 41.1.